The number of hydrogen-bond acceptors (Lipinski definition) is 7. The second-order valence-electron chi connectivity index (χ2n) is 9.27. The molecule has 0 saturated carbocycles. The summed E-state index contributed by atoms with van der Waals surface area (Å²) in [5.41, 5.74) is 6.56. The molecular weight excluding hydrogens is 496 g/mol. The van der Waals surface area contributed by atoms with Crippen molar-refractivity contribution in [3.63, 3.8) is 0 Å². The fraction of sp³-hybridized carbons (Fsp3) is 0.542. The minimum Gasteiger partial charge on any atom is -0.489 e. The number of amides is 2. The highest BCUT2D eigenvalue weighted by Gasteiger charge is 2.61. The van der Waals surface area contributed by atoms with E-state index < -0.39 is 29.2 Å². The Kier molecular flexibility index (Phi) is 9.38. The largest absolute Gasteiger partial charge is 0.489 e. The van der Waals surface area contributed by atoms with Crippen molar-refractivity contribution in [1.82, 2.24) is 9.90 Å². The standard InChI is InChI=1S/C24H35BN3O6PSi/c1-6-36(7-2,8-3)34-15(5)19-20-14(4)18(13-32-17-11-9-16(10-12-17)22(26)29)21(28(20)23(19)30)24(31)33-35-27-25/h9-12,14-15,19-20,27,35H,6-8,13H2,1-5H3,(H2,26,29)/t14-,15+,19+,20?/m0/s1. The van der Waals surface area contributed by atoms with E-state index in [1.54, 1.807) is 29.2 Å². The van der Waals surface area contributed by atoms with Crippen LogP contribution in [0.3, 0.4) is 0 Å². The number of β-lactam (4-membered cyclic amide) rings is 1. The highest BCUT2D eigenvalue weighted by atomic mass is 31.1. The van der Waals surface area contributed by atoms with Crippen LogP contribution in [-0.4, -0.2) is 57.7 Å². The Morgan fingerprint density at radius 2 is 1.81 bits per heavy atom. The van der Waals surface area contributed by atoms with E-state index >= 15 is 0 Å². The Morgan fingerprint density at radius 3 is 2.33 bits per heavy atom. The third-order valence-electron chi connectivity index (χ3n) is 7.60. The van der Waals surface area contributed by atoms with Gasteiger partial charge in [0.05, 0.1) is 18.1 Å². The summed E-state index contributed by atoms with van der Waals surface area (Å²) in [6.07, 6.45) is -0.251. The normalized spacial score (nSPS) is 22.5. The molecule has 1 saturated heterocycles. The van der Waals surface area contributed by atoms with Crippen LogP contribution in [0, 0.1) is 11.8 Å². The molecule has 194 valence electrons. The second-order valence-corrected chi connectivity index (χ2v) is 14.7. The zero-order chi connectivity index (χ0) is 26.6. The molecule has 12 heteroatoms. The molecule has 9 nitrogen and oxygen atoms in total. The minimum absolute atomic E-state index is 0.0838. The first-order valence-corrected chi connectivity index (χ1v) is 15.8. The Bertz CT molecular complexity index is 1010. The van der Waals surface area contributed by atoms with Gasteiger partial charge in [0.25, 0.3) is 0 Å². The van der Waals surface area contributed by atoms with Crippen LogP contribution in [0.2, 0.25) is 18.1 Å². The number of fused-ring (bicyclic) bond motifs is 1. The number of hydrogen-bond donors (Lipinski definition) is 2. The molecule has 2 aliphatic heterocycles. The van der Waals surface area contributed by atoms with Gasteiger partial charge in [-0.05, 0) is 49.3 Å². The molecule has 2 unspecified atom stereocenters. The SMILES string of the molecule is [B]NPOC(=O)C1=C(COc2ccc(C(N)=O)cc2)[C@H](C)C2[C@@H]([C@@H](C)O[Si](CC)(CC)CC)C(=O)N12. The van der Waals surface area contributed by atoms with Crippen LogP contribution in [0.4, 0.5) is 0 Å². The van der Waals surface area contributed by atoms with E-state index in [0.717, 1.165) is 18.1 Å². The van der Waals surface area contributed by atoms with Crippen molar-refractivity contribution in [3.05, 3.63) is 41.1 Å². The molecule has 0 spiro atoms. The number of nitrogens with two attached hydrogens (primary N) is 1. The number of benzene rings is 1. The molecular formula is C24H35BN3O6PSi. The summed E-state index contributed by atoms with van der Waals surface area (Å²) in [5.74, 6) is -1.26. The molecule has 2 heterocycles. The van der Waals surface area contributed by atoms with Gasteiger partial charge in [0.1, 0.15) is 27.0 Å². The zero-order valence-corrected chi connectivity index (χ0v) is 23.5. The van der Waals surface area contributed by atoms with Gasteiger partial charge in [-0.15, -0.1) is 0 Å². The summed E-state index contributed by atoms with van der Waals surface area (Å²) in [5, 5.41) is 0. The van der Waals surface area contributed by atoms with Gasteiger partial charge in [0.15, 0.2) is 16.3 Å². The molecule has 5 atom stereocenters. The van der Waals surface area contributed by atoms with Crippen LogP contribution in [-0.2, 0) is 18.5 Å². The molecule has 0 bridgehead atoms. The number of carbonyl (C=O) groups is 3. The smallest absolute Gasteiger partial charge is 0.358 e. The predicted molar refractivity (Wildman–Crippen MR) is 142 cm³/mol. The summed E-state index contributed by atoms with van der Waals surface area (Å²) in [4.78, 5) is 41.6. The lowest BCUT2D eigenvalue weighted by atomic mass is 9.78. The van der Waals surface area contributed by atoms with Crippen molar-refractivity contribution in [2.45, 2.75) is 64.9 Å². The Balaban J connectivity index is 1.84. The van der Waals surface area contributed by atoms with Gasteiger partial charge in [-0.2, -0.15) is 0 Å². The van der Waals surface area contributed by atoms with Crippen LogP contribution in [0.1, 0.15) is 45.0 Å². The molecule has 3 rings (SSSR count). The van der Waals surface area contributed by atoms with E-state index in [0.29, 0.717) is 16.9 Å². The quantitative estimate of drug-likeness (QED) is 0.228. The van der Waals surface area contributed by atoms with Crippen LogP contribution in [0.25, 0.3) is 0 Å². The summed E-state index contributed by atoms with van der Waals surface area (Å²) in [6.45, 7) is 10.5. The maximum Gasteiger partial charge on any atom is 0.358 e. The highest BCUT2D eigenvalue weighted by Crippen LogP contribution is 2.49. The van der Waals surface area contributed by atoms with E-state index in [9.17, 15) is 14.4 Å². The molecule has 1 aromatic rings. The maximum absolute atomic E-state index is 13.4. The lowest BCUT2D eigenvalue weighted by Gasteiger charge is -2.49. The average molecular weight is 531 g/mol. The summed E-state index contributed by atoms with van der Waals surface area (Å²) < 4.78 is 17.8. The van der Waals surface area contributed by atoms with E-state index in [1.165, 1.54) is 0 Å². The Hall–Kier alpha value is -2.20. The average Bonchev–Trinajstić information content (AvgIpc) is 3.12. The van der Waals surface area contributed by atoms with Gasteiger partial charge in [-0.1, -0.05) is 27.7 Å². The summed E-state index contributed by atoms with van der Waals surface area (Å²) in [6, 6.07) is 9.19. The summed E-state index contributed by atoms with van der Waals surface area (Å²) in [7, 11) is 2.92. The third kappa shape index (κ3) is 5.39. The van der Waals surface area contributed by atoms with Gasteiger partial charge in [-0.25, -0.2) is 4.79 Å². The monoisotopic (exact) mass is 531 g/mol. The predicted octanol–water partition coefficient (Wildman–Crippen LogP) is 3.03. The van der Waals surface area contributed by atoms with Gasteiger partial charge in [0.2, 0.25) is 11.8 Å². The first kappa shape index (κ1) is 28.4. The van der Waals surface area contributed by atoms with Crippen molar-refractivity contribution in [3.8, 4) is 5.75 Å². The molecule has 2 radical (unpaired) electrons. The fourth-order valence-corrected chi connectivity index (χ4v) is 8.46. The molecule has 0 aliphatic carbocycles. The lowest BCUT2D eigenvalue weighted by Crippen LogP contribution is -2.65. The molecule has 2 aliphatic rings. The van der Waals surface area contributed by atoms with Crippen LogP contribution in [0.5, 0.6) is 5.75 Å². The minimum atomic E-state index is -1.92. The van der Waals surface area contributed by atoms with Crippen molar-refractivity contribution >= 4 is 43.0 Å². The molecule has 1 aromatic carbocycles. The van der Waals surface area contributed by atoms with Gasteiger partial charge in [-0.3, -0.25) is 9.59 Å². The third-order valence-corrected chi connectivity index (χ3v) is 12.7. The molecule has 2 amide bonds. The zero-order valence-electron chi connectivity index (χ0n) is 21.5. The Morgan fingerprint density at radius 1 is 1.19 bits per heavy atom. The van der Waals surface area contributed by atoms with Gasteiger partial charge < -0.3 is 29.3 Å². The number of carbonyl (C=O) groups excluding carboxylic acids is 3. The van der Waals surface area contributed by atoms with Crippen molar-refractivity contribution in [1.29, 1.82) is 0 Å². The molecule has 36 heavy (non-hydrogen) atoms. The van der Waals surface area contributed by atoms with E-state index in [1.807, 2.05) is 13.8 Å². The van der Waals surface area contributed by atoms with E-state index in [-0.39, 0.29) is 42.2 Å². The topological polar surface area (TPSA) is 120 Å². The van der Waals surface area contributed by atoms with Gasteiger partial charge >= 0.3 is 5.97 Å². The fourth-order valence-electron chi connectivity index (χ4n) is 5.28. The lowest BCUT2D eigenvalue weighted by molar-refractivity contribution is -0.161. The first-order valence-electron chi connectivity index (χ1n) is 12.3. The molecule has 0 aromatic heterocycles. The maximum atomic E-state index is 13.4. The highest BCUT2D eigenvalue weighted by molar-refractivity contribution is 7.32. The van der Waals surface area contributed by atoms with Crippen LogP contribution < -0.4 is 15.5 Å². The number of nitrogens with one attached hydrogen (secondary N) is 1. The van der Waals surface area contributed by atoms with Crippen LogP contribution in [0.15, 0.2) is 35.5 Å². The number of ether oxygens (including phenoxy) is 1. The van der Waals surface area contributed by atoms with Gasteiger partial charge in [0, 0.05) is 17.1 Å². The second kappa shape index (κ2) is 11.9. The van der Waals surface area contributed by atoms with Crippen molar-refractivity contribution in [2.24, 2.45) is 17.6 Å². The number of rotatable bonds is 13. The van der Waals surface area contributed by atoms with E-state index in [2.05, 4.69) is 25.8 Å². The van der Waals surface area contributed by atoms with Crippen LogP contribution >= 0.6 is 8.96 Å². The number of nitrogens with zero attached hydrogens (tertiary/aromatic N) is 1. The number of primary amides is 1. The van der Waals surface area contributed by atoms with Crippen molar-refractivity contribution < 1.29 is 28.1 Å². The first-order chi connectivity index (χ1) is 17.1. The van der Waals surface area contributed by atoms with E-state index in [4.69, 9.17) is 27.4 Å². The van der Waals surface area contributed by atoms with Crippen molar-refractivity contribution in [2.75, 3.05) is 6.61 Å². The summed E-state index contributed by atoms with van der Waals surface area (Å²) >= 11 is 0. The Labute approximate surface area is 217 Å². The molecule has 3 N–H and O–H groups in total. The molecule has 1 fully saturated rings.